The molecule has 0 aliphatic carbocycles. The van der Waals surface area contributed by atoms with Gasteiger partial charge in [0.05, 0.1) is 21.1 Å². The average Bonchev–Trinajstić information content (AvgIpc) is 2.71. The number of benzene rings is 2. The topological polar surface area (TPSA) is 28.7 Å². The number of nitrogens with zero attached hydrogens (tertiary/aromatic N) is 1. The van der Waals surface area contributed by atoms with Gasteiger partial charge in [-0.25, -0.2) is 9.37 Å². The van der Waals surface area contributed by atoms with E-state index in [0.717, 1.165) is 11.1 Å². The van der Waals surface area contributed by atoms with E-state index in [-0.39, 0.29) is 5.82 Å². The second-order valence-electron chi connectivity index (χ2n) is 4.39. The minimum absolute atomic E-state index is 0.286. The van der Waals surface area contributed by atoms with Crippen LogP contribution in [0.2, 0.25) is 10.0 Å². The zero-order valence-electron chi connectivity index (χ0n) is 9.97. The molecule has 96 valence electrons. The summed E-state index contributed by atoms with van der Waals surface area (Å²) in [6.45, 7) is 1.84. The van der Waals surface area contributed by atoms with E-state index >= 15 is 0 Å². The second kappa shape index (κ2) is 4.51. The van der Waals surface area contributed by atoms with Crippen molar-refractivity contribution in [3.8, 4) is 11.4 Å². The van der Waals surface area contributed by atoms with Crippen LogP contribution in [0.1, 0.15) is 5.56 Å². The molecular formula is C14H9Cl2FN2. The molecule has 0 amide bonds. The van der Waals surface area contributed by atoms with E-state index in [1.807, 2.05) is 13.0 Å². The Morgan fingerprint density at radius 2 is 1.79 bits per heavy atom. The standard InChI is InChI=1S/C14H9Cl2FN2/c1-7-2-8(4-9(17)3-7)14-18-12-5-10(15)11(16)6-13(12)19-14/h2-6H,1H3,(H,18,19). The molecule has 0 fully saturated rings. The molecule has 0 aliphatic heterocycles. The van der Waals surface area contributed by atoms with Gasteiger partial charge in [0.25, 0.3) is 0 Å². The maximum absolute atomic E-state index is 13.4. The van der Waals surface area contributed by atoms with Crippen LogP contribution in [0.5, 0.6) is 0 Å². The third kappa shape index (κ3) is 2.31. The van der Waals surface area contributed by atoms with Crippen LogP contribution in [0, 0.1) is 12.7 Å². The highest BCUT2D eigenvalue weighted by molar-refractivity contribution is 6.42. The number of hydrogen-bond acceptors (Lipinski definition) is 1. The van der Waals surface area contributed by atoms with E-state index in [9.17, 15) is 4.39 Å². The minimum atomic E-state index is -0.286. The van der Waals surface area contributed by atoms with Crippen LogP contribution in [0.4, 0.5) is 4.39 Å². The molecule has 2 nitrogen and oxygen atoms in total. The van der Waals surface area contributed by atoms with Gasteiger partial charge in [0.15, 0.2) is 0 Å². The lowest BCUT2D eigenvalue weighted by atomic mass is 10.1. The van der Waals surface area contributed by atoms with Crippen LogP contribution in [0.25, 0.3) is 22.4 Å². The first kappa shape index (κ1) is 12.5. The molecule has 0 spiro atoms. The fourth-order valence-electron chi connectivity index (χ4n) is 2.01. The number of H-pyrrole nitrogens is 1. The number of nitrogens with one attached hydrogen (secondary N) is 1. The number of hydrogen-bond donors (Lipinski definition) is 1. The van der Waals surface area contributed by atoms with Crippen LogP contribution >= 0.6 is 23.2 Å². The van der Waals surface area contributed by atoms with Crippen molar-refractivity contribution in [2.24, 2.45) is 0 Å². The highest BCUT2D eigenvalue weighted by atomic mass is 35.5. The van der Waals surface area contributed by atoms with Gasteiger partial charge < -0.3 is 4.98 Å². The number of aryl methyl sites for hydroxylation is 1. The smallest absolute Gasteiger partial charge is 0.138 e. The SMILES string of the molecule is Cc1cc(F)cc(-c2nc3cc(Cl)c(Cl)cc3[nH]2)c1. The van der Waals surface area contributed by atoms with Gasteiger partial charge in [0.2, 0.25) is 0 Å². The van der Waals surface area contributed by atoms with Crippen molar-refractivity contribution in [3.63, 3.8) is 0 Å². The zero-order valence-corrected chi connectivity index (χ0v) is 11.5. The number of fused-ring (bicyclic) bond motifs is 1. The quantitative estimate of drug-likeness (QED) is 0.673. The normalized spacial score (nSPS) is 11.2. The highest BCUT2D eigenvalue weighted by Crippen LogP contribution is 2.29. The van der Waals surface area contributed by atoms with E-state index in [1.165, 1.54) is 12.1 Å². The lowest BCUT2D eigenvalue weighted by molar-refractivity contribution is 0.627. The van der Waals surface area contributed by atoms with Crippen molar-refractivity contribution in [1.82, 2.24) is 9.97 Å². The van der Waals surface area contributed by atoms with E-state index in [0.29, 0.717) is 26.9 Å². The summed E-state index contributed by atoms with van der Waals surface area (Å²) < 4.78 is 13.4. The molecule has 2 aromatic carbocycles. The van der Waals surface area contributed by atoms with Crippen LogP contribution in [0.3, 0.4) is 0 Å². The molecule has 5 heteroatoms. The van der Waals surface area contributed by atoms with Gasteiger partial charge in [0.1, 0.15) is 11.6 Å². The molecular weight excluding hydrogens is 286 g/mol. The molecule has 1 heterocycles. The predicted octanol–water partition coefficient (Wildman–Crippen LogP) is 4.98. The summed E-state index contributed by atoms with van der Waals surface area (Å²) >= 11 is 11.9. The van der Waals surface area contributed by atoms with E-state index in [4.69, 9.17) is 23.2 Å². The van der Waals surface area contributed by atoms with Crippen molar-refractivity contribution < 1.29 is 4.39 Å². The Morgan fingerprint density at radius 1 is 1.05 bits per heavy atom. The predicted molar refractivity (Wildman–Crippen MR) is 76.2 cm³/mol. The maximum Gasteiger partial charge on any atom is 0.138 e. The summed E-state index contributed by atoms with van der Waals surface area (Å²) in [6, 6.07) is 8.17. The molecule has 1 N–H and O–H groups in total. The number of aromatic nitrogens is 2. The van der Waals surface area contributed by atoms with Crippen molar-refractivity contribution in [2.75, 3.05) is 0 Å². The Morgan fingerprint density at radius 3 is 2.53 bits per heavy atom. The molecule has 0 aliphatic rings. The Bertz CT molecular complexity index is 721. The van der Waals surface area contributed by atoms with E-state index < -0.39 is 0 Å². The molecule has 3 rings (SSSR count). The van der Waals surface area contributed by atoms with Gasteiger partial charge in [-0.1, -0.05) is 23.2 Å². The Hall–Kier alpha value is -1.58. The molecule has 0 saturated carbocycles. The first-order valence-corrected chi connectivity index (χ1v) is 6.41. The lowest BCUT2D eigenvalue weighted by Crippen LogP contribution is -1.84. The summed E-state index contributed by atoms with van der Waals surface area (Å²) in [7, 11) is 0. The molecule has 19 heavy (non-hydrogen) atoms. The summed E-state index contributed by atoms with van der Waals surface area (Å²) in [5.74, 6) is 0.308. The highest BCUT2D eigenvalue weighted by Gasteiger charge is 2.09. The fourth-order valence-corrected chi connectivity index (χ4v) is 2.34. The second-order valence-corrected chi connectivity index (χ2v) is 5.20. The van der Waals surface area contributed by atoms with Crippen LogP contribution in [-0.2, 0) is 0 Å². The van der Waals surface area contributed by atoms with E-state index in [2.05, 4.69) is 9.97 Å². The summed E-state index contributed by atoms with van der Waals surface area (Å²) in [5, 5.41) is 0.905. The monoisotopic (exact) mass is 294 g/mol. The number of halogens is 3. The van der Waals surface area contributed by atoms with Gasteiger partial charge in [-0.05, 0) is 42.8 Å². The van der Waals surface area contributed by atoms with Crippen LogP contribution in [0.15, 0.2) is 30.3 Å². The third-order valence-corrected chi connectivity index (χ3v) is 3.56. The number of rotatable bonds is 1. The van der Waals surface area contributed by atoms with Gasteiger partial charge in [-0.15, -0.1) is 0 Å². The van der Waals surface area contributed by atoms with Crippen LogP contribution < -0.4 is 0 Å². The van der Waals surface area contributed by atoms with Gasteiger partial charge in [0, 0.05) is 5.56 Å². The molecule has 1 aromatic heterocycles. The molecule has 0 unspecified atom stereocenters. The summed E-state index contributed by atoms with van der Waals surface area (Å²) in [6.07, 6.45) is 0. The summed E-state index contributed by atoms with van der Waals surface area (Å²) in [5.41, 5.74) is 3.00. The first-order chi connectivity index (χ1) is 9.02. The number of aromatic amines is 1. The zero-order chi connectivity index (χ0) is 13.6. The Labute approximate surface area is 119 Å². The Kier molecular flexibility index (Phi) is 2.96. The number of imidazole rings is 1. The van der Waals surface area contributed by atoms with Crippen molar-refractivity contribution in [2.45, 2.75) is 6.92 Å². The fraction of sp³-hybridized carbons (Fsp3) is 0.0714. The largest absolute Gasteiger partial charge is 0.338 e. The van der Waals surface area contributed by atoms with Gasteiger partial charge in [-0.2, -0.15) is 0 Å². The molecule has 0 saturated heterocycles. The molecule has 0 bridgehead atoms. The van der Waals surface area contributed by atoms with Gasteiger partial charge in [-0.3, -0.25) is 0 Å². The third-order valence-electron chi connectivity index (χ3n) is 2.84. The Balaban J connectivity index is 2.20. The maximum atomic E-state index is 13.4. The molecule has 3 aromatic rings. The molecule has 0 radical (unpaired) electrons. The van der Waals surface area contributed by atoms with Crippen molar-refractivity contribution in [3.05, 3.63) is 51.8 Å². The summed E-state index contributed by atoms with van der Waals surface area (Å²) in [4.78, 5) is 7.52. The van der Waals surface area contributed by atoms with Crippen molar-refractivity contribution >= 4 is 34.2 Å². The van der Waals surface area contributed by atoms with E-state index in [1.54, 1.807) is 12.1 Å². The molecule has 0 atom stereocenters. The average molecular weight is 295 g/mol. The van der Waals surface area contributed by atoms with Crippen LogP contribution in [-0.4, -0.2) is 9.97 Å². The first-order valence-electron chi connectivity index (χ1n) is 5.65. The van der Waals surface area contributed by atoms with Gasteiger partial charge >= 0.3 is 0 Å². The minimum Gasteiger partial charge on any atom is -0.338 e. The van der Waals surface area contributed by atoms with Crippen molar-refractivity contribution in [1.29, 1.82) is 0 Å². The lowest BCUT2D eigenvalue weighted by Gasteiger charge is -1.99.